The average Bonchev–Trinajstić information content (AvgIpc) is 3.12. The molecular formula is C20H24Cl3N5O3. The lowest BCUT2D eigenvalue weighted by atomic mass is 10.1. The van der Waals surface area contributed by atoms with Crippen LogP contribution < -0.4 is 16.4 Å². The third-order valence-corrected chi connectivity index (χ3v) is 6.76. The number of carbonyl (C=O) groups is 3. The van der Waals surface area contributed by atoms with Crippen LogP contribution in [0.4, 0.5) is 5.69 Å². The van der Waals surface area contributed by atoms with Crippen molar-refractivity contribution < 1.29 is 14.4 Å². The van der Waals surface area contributed by atoms with Gasteiger partial charge in [-0.15, -0.1) is 23.2 Å². The summed E-state index contributed by atoms with van der Waals surface area (Å²) in [6.45, 7) is 2.19. The molecule has 0 unspecified atom stereocenters. The van der Waals surface area contributed by atoms with Crippen molar-refractivity contribution in [3.63, 3.8) is 0 Å². The molecule has 3 atom stereocenters. The van der Waals surface area contributed by atoms with Crippen molar-refractivity contribution in [3.8, 4) is 0 Å². The van der Waals surface area contributed by atoms with E-state index in [-0.39, 0.29) is 35.9 Å². The van der Waals surface area contributed by atoms with E-state index in [2.05, 4.69) is 10.6 Å². The van der Waals surface area contributed by atoms with Crippen LogP contribution in [0.2, 0.25) is 5.02 Å². The van der Waals surface area contributed by atoms with Gasteiger partial charge >= 0.3 is 0 Å². The molecule has 31 heavy (non-hydrogen) atoms. The van der Waals surface area contributed by atoms with Gasteiger partial charge in [-0.05, 0) is 44.4 Å². The normalized spacial score (nSPS) is 22.5. The van der Waals surface area contributed by atoms with Gasteiger partial charge in [0.2, 0.25) is 11.8 Å². The number of halogens is 3. The van der Waals surface area contributed by atoms with Crippen LogP contribution in [0.25, 0.3) is 0 Å². The molecule has 0 aromatic heterocycles. The molecule has 8 nitrogen and oxygen atoms in total. The van der Waals surface area contributed by atoms with Crippen LogP contribution in [0.1, 0.15) is 31.7 Å². The zero-order valence-electron chi connectivity index (χ0n) is 16.9. The van der Waals surface area contributed by atoms with Gasteiger partial charge < -0.3 is 21.3 Å². The summed E-state index contributed by atoms with van der Waals surface area (Å²) in [5, 5.41) is 14.1. The summed E-state index contributed by atoms with van der Waals surface area (Å²) in [5.41, 5.74) is 5.39. The number of benzene rings is 1. The van der Waals surface area contributed by atoms with E-state index in [0.717, 1.165) is 0 Å². The molecule has 2 aliphatic rings. The van der Waals surface area contributed by atoms with Crippen molar-refractivity contribution in [1.29, 1.82) is 5.41 Å². The van der Waals surface area contributed by atoms with Crippen molar-refractivity contribution >= 4 is 63.9 Å². The van der Waals surface area contributed by atoms with Gasteiger partial charge in [-0.2, -0.15) is 0 Å². The smallest absolute Gasteiger partial charge is 0.267 e. The summed E-state index contributed by atoms with van der Waals surface area (Å²) in [4.78, 5) is 38.5. The molecular weight excluding hydrogens is 465 g/mol. The number of carbonyl (C=O) groups excluding carboxylic acids is 3. The Morgan fingerprint density at radius 3 is 2.65 bits per heavy atom. The Kier molecular flexibility index (Phi) is 7.03. The molecule has 2 fully saturated rings. The minimum atomic E-state index is -0.893. The molecule has 1 heterocycles. The van der Waals surface area contributed by atoms with Crippen LogP contribution in [-0.4, -0.2) is 57.8 Å². The van der Waals surface area contributed by atoms with Gasteiger partial charge in [0.1, 0.15) is 16.1 Å². The lowest BCUT2D eigenvalue weighted by molar-refractivity contribution is -0.137. The maximum absolute atomic E-state index is 12.8. The van der Waals surface area contributed by atoms with Crippen LogP contribution >= 0.6 is 34.8 Å². The molecule has 0 bridgehead atoms. The molecule has 1 aromatic rings. The van der Waals surface area contributed by atoms with E-state index in [9.17, 15) is 14.4 Å². The summed E-state index contributed by atoms with van der Waals surface area (Å²) in [7, 11) is 0. The second-order valence-corrected chi connectivity index (χ2v) is 9.88. The average molecular weight is 489 g/mol. The highest BCUT2D eigenvalue weighted by Gasteiger charge is 2.55. The standard InChI is InChI=1S/C20H24Cl3N5O3/c1-10(13-8-20(13,22)23)27-19(31)15-3-2-6-28(15)16(29)9-26-14-7-11(21)4-5-12(14)17(24)18(25)30/h4-5,7,10,13,15,24,26H,2-3,6,8-9H2,1H3,(H2,25,30)(H,27,31)/t10-,13-,15+/m1/s1. The number of anilines is 1. The summed E-state index contributed by atoms with van der Waals surface area (Å²) in [5.74, 6) is -1.41. The first kappa shape index (κ1) is 23.6. The number of nitrogens with one attached hydrogen (secondary N) is 3. The topological polar surface area (TPSA) is 128 Å². The summed E-state index contributed by atoms with van der Waals surface area (Å²) < 4.78 is -0.797. The van der Waals surface area contributed by atoms with E-state index < -0.39 is 22.0 Å². The highest BCUT2D eigenvalue weighted by molar-refractivity contribution is 6.51. The van der Waals surface area contributed by atoms with Gasteiger partial charge in [0.15, 0.2) is 0 Å². The van der Waals surface area contributed by atoms with Gasteiger partial charge in [-0.3, -0.25) is 19.8 Å². The van der Waals surface area contributed by atoms with E-state index in [1.165, 1.54) is 23.1 Å². The van der Waals surface area contributed by atoms with Crippen LogP contribution in [0, 0.1) is 11.3 Å². The predicted molar refractivity (Wildman–Crippen MR) is 121 cm³/mol. The quantitative estimate of drug-likeness (QED) is 0.330. The number of primary amides is 1. The van der Waals surface area contributed by atoms with Crippen molar-refractivity contribution in [3.05, 3.63) is 28.8 Å². The van der Waals surface area contributed by atoms with Crippen LogP contribution in [0.3, 0.4) is 0 Å². The summed E-state index contributed by atoms with van der Waals surface area (Å²) in [6, 6.07) is 3.77. The Balaban J connectivity index is 1.62. The second-order valence-electron chi connectivity index (χ2n) is 7.90. The molecule has 168 valence electrons. The fourth-order valence-electron chi connectivity index (χ4n) is 3.82. The molecule has 1 saturated carbocycles. The summed E-state index contributed by atoms with van der Waals surface area (Å²) >= 11 is 18.2. The van der Waals surface area contributed by atoms with Crippen molar-refractivity contribution in [2.75, 3.05) is 18.4 Å². The van der Waals surface area contributed by atoms with Gasteiger partial charge in [0, 0.05) is 34.8 Å². The SMILES string of the molecule is C[C@@H](NC(=O)[C@@H]1CCCN1C(=O)CNc1cc(Cl)ccc1C(=N)C(N)=O)[C@H]1CC1(Cl)Cl. The van der Waals surface area contributed by atoms with E-state index >= 15 is 0 Å². The molecule has 1 aliphatic carbocycles. The van der Waals surface area contributed by atoms with E-state index in [0.29, 0.717) is 36.5 Å². The molecule has 5 N–H and O–H groups in total. The van der Waals surface area contributed by atoms with Gasteiger partial charge in [0.25, 0.3) is 5.91 Å². The van der Waals surface area contributed by atoms with Crippen molar-refractivity contribution in [2.24, 2.45) is 11.7 Å². The number of likely N-dealkylation sites (tertiary alicyclic amines) is 1. The Morgan fingerprint density at radius 1 is 1.35 bits per heavy atom. The number of nitrogens with two attached hydrogens (primary N) is 1. The van der Waals surface area contributed by atoms with Gasteiger partial charge in [0.05, 0.1) is 6.54 Å². The number of rotatable bonds is 8. The van der Waals surface area contributed by atoms with Gasteiger partial charge in [-0.1, -0.05) is 11.6 Å². The maximum Gasteiger partial charge on any atom is 0.267 e. The third kappa shape index (κ3) is 5.42. The minimum absolute atomic E-state index is 0.00571. The highest BCUT2D eigenvalue weighted by Crippen LogP contribution is 2.54. The molecule has 1 aromatic carbocycles. The van der Waals surface area contributed by atoms with Crippen molar-refractivity contribution in [1.82, 2.24) is 10.2 Å². The van der Waals surface area contributed by atoms with Crippen LogP contribution in [-0.2, 0) is 14.4 Å². The lowest BCUT2D eigenvalue weighted by Crippen LogP contribution is -2.50. The Bertz CT molecular complexity index is 923. The number of amides is 3. The maximum atomic E-state index is 12.8. The van der Waals surface area contributed by atoms with Gasteiger partial charge in [-0.25, -0.2) is 0 Å². The van der Waals surface area contributed by atoms with Crippen molar-refractivity contribution in [2.45, 2.75) is 42.6 Å². The predicted octanol–water partition coefficient (Wildman–Crippen LogP) is 2.29. The zero-order chi connectivity index (χ0) is 22.9. The Hall–Kier alpha value is -2.03. The lowest BCUT2D eigenvalue weighted by Gasteiger charge is -2.26. The number of hydrogen-bond acceptors (Lipinski definition) is 5. The fraction of sp³-hybridized carbons (Fsp3) is 0.500. The molecule has 0 spiro atoms. The van der Waals surface area contributed by atoms with Crippen LogP contribution in [0.5, 0.6) is 0 Å². The Labute approximate surface area is 195 Å². The third-order valence-electron chi connectivity index (χ3n) is 5.65. The molecule has 1 aliphatic heterocycles. The minimum Gasteiger partial charge on any atom is -0.376 e. The number of alkyl halides is 2. The largest absolute Gasteiger partial charge is 0.376 e. The van der Waals surface area contributed by atoms with Crippen LogP contribution in [0.15, 0.2) is 18.2 Å². The monoisotopic (exact) mass is 487 g/mol. The first-order valence-corrected chi connectivity index (χ1v) is 11.0. The fourth-order valence-corrected chi connectivity index (χ4v) is 4.70. The Morgan fingerprint density at radius 2 is 2.03 bits per heavy atom. The van der Waals surface area contributed by atoms with E-state index in [1.807, 2.05) is 6.92 Å². The first-order chi connectivity index (χ1) is 14.5. The molecule has 1 saturated heterocycles. The second kappa shape index (κ2) is 9.22. The first-order valence-electron chi connectivity index (χ1n) is 9.91. The van der Waals surface area contributed by atoms with E-state index in [4.69, 9.17) is 45.9 Å². The molecule has 11 heteroatoms. The number of hydrogen-bond donors (Lipinski definition) is 4. The zero-order valence-corrected chi connectivity index (χ0v) is 19.2. The number of nitrogens with zero attached hydrogens (tertiary/aromatic N) is 1. The molecule has 3 amide bonds. The molecule has 3 rings (SSSR count). The van der Waals surface area contributed by atoms with E-state index in [1.54, 1.807) is 0 Å². The summed E-state index contributed by atoms with van der Waals surface area (Å²) in [6.07, 6.45) is 1.90. The highest BCUT2D eigenvalue weighted by atomic mass is 35.5. The molecule has 0 radical (unpaired) electrons.